The fraction of sp³-hybridized carbons (Fsp3) is 0.200. The van der Waals surface area contributed by atoms with Crippen molar-refractivity contribution in [2.75, 3.05) is 6.61 Å². The molecule has 0 saturated carbocycles. The van der Waals surface area contributed by atoms with Gasteiger partial charge in [-0.1, -0.05) is 35.9 Å². The van der Waals surface area contributed by atoms with Crippen LogP contribution in [-0.2, 0) is 0 Å². The fourth-order valence-corrected chi connectivity index (χ4v) is 2.03. The molecule has 100 valence electrons. The predicted octanol–water partition coefficient (Wildman–Crippen LogP) is 3.96. The summed E-state index contributed by atoms with van der Waals surface area (Å²) in [5, 5.41) is 10.2. The lowest BCUT2D eigenvalue weighted by molar-refractivity contribution is 0.214. The summed E-state index contributed by atoms with van der Waals surface area (Å²) >= 11 is 5.72. The van der Waals surface area contributed by atoms with Crippen molar-refractivity contribution in [3.63, 3.8) is 0 Å². The molecule has 2 rings (SSSR count). The lowest BCUT2D eigenvalue weighted by Gasteiger charge is -2.14. The van der Waals surface area contributed by atoms with E-state index in [4.69, 9.17) is 16.3 Å². The van der Waals surface area contributed by atoms with Crippen LogP contribution in [0.25, 0.3) is 0 Å². The molecule has 4 heteroatoms. The molecule has 2 aromatic carbocycles. The van der Waals surface area contributed by atoms with Crippen molar-refractivity contribution in [3.8, 4) is 5.75 Å². The highest BCUT2D eigenvalue weighted by molar-refractivity contribution is 6.30. The second kappa shape index (κ2) is 6.04. The van der Waals surface area contributed by atoms with Crippen molar-refractivity contribution in [1.82, 2.24) is 0 Å². The minimum atomic E-state index is -1.07. The summed E-state index contributed by atoms with van der Waals surface area (Å²) in [4.78, 5) is 0. The van der Waals surface area contributed by atoms with Crippen LogP contribution in [0.2, 0.25) is 5.02 Å². The molecule has 1 unspecified atom stereocenters. The molecule has 0 heterocycles. The van der Waals surface area contributed by atoms with E-state index in [0.717, 1.165) is 0 Å². The highest BCUT2D eigenvalue weighted by Crippen LogP contribution is 2.29. The lowest BCUT2D eigenvalue weighted by Crippen LogP contribution is -2.03. The third-order valence-corrected chi connectivity index (χ3v) is 3.05. The smallest absolute Gasteiger partial charge is 0.147 e. The van der Waals surface area contributed by atoms with E-state index in [2.05, 4.69) is 0 Å². The van der Waals surface area contributed by atoms with E-state index in [9.17, 15) is 9.50 Å². The molecular formula is C15H14ClFO2. The summed E-state index contributed by atoms with van der Waals surface area (Å²) in [5.41, 5.74) is 0.716. The topological polar surface area (TPSA) is 29.5 Å². The molecular weight excluding hydrogens is 267 g/mol. The van der Waals surface area contributed by atoms with Gasteiger partial charge in [-0.05, 0) is 30.7 Å². The predicted molar refractivity (Wildman–Crippen MR) is 73.1 cm³/mol. The number of benzene rings is 2. The van der Waals surface area contributed by atoms with Crippen LogP contribution < -0.4 is 4.74 Å². The molecule has 0 aliphatic rings. The largest absolute Gasteiger partial charge is 0.494 e. The zero-order chi connectivity index (χ0) is 13.8. The first-order chi connectivity index (χ1) is 9.13. The Labute approximate surface area is 116 Å². The van der Waals surface area contributed by atoms with Crippen LogP contribution in [-0.4, -0.2) is 11.7 Å². The maximum atomic E-state index is 13.9. The van der Waals surface area contributed by atoms with Crippen LogP contribution in [0.15, 0.2) is 42.5 Å². The third kappa shape index (κ3) is 3.06. The van der Waals surface area contributed by atoms with Crippen molar-refractivity contribution < 1.29 is 14.2 Å². The normalized spacial score (nSPS) is 12.2. The minimum absolute atomic E-state index is 0.00230. The second-order valence-corrected chi connectivity index (χ2v) is 4.46. The maximum Gasteiger partial charge on any atom is 0.147 e. The standard InChI is InChI=1S/C15H14ClFO2/c1-2-19-11-6-3-5-10(9-11)15(18)12-7-4-8-13(16)14(12)17/h3-9,15,18H,2H2,1H3. The number of hydrogen-bond acceptors (Lipinski definition) is 2. The van der Waals surface area contributed by atoms with E-state index in [1.165, 1.54) is 12.1 Å². The van der Waals surface area contributed by atoms with Crippen LogP contribution in [0.3, 0.4) is 0 Å². The van der Waals surface area contributed by atoms with Gasteiger partial charge in [-0.15, -0.1) is 0 Å². The van der Waals surface area contributed by atoms with E-state index in [1.807, 2.05) is 6.92 Å². The number of aliphatic hydroxyl groups excluding tert-OH is 1. The first-order valence-electron chi connectivity index (χ1n) is 5.98. The summed E-state index contributed by atoms with van der Waals surface area (Å²) in [6, 6.07) is 11.5. The molecule has 0 aromatic heterocycles. The van der Waals surface area contributed by atoms with Gasteiger partial charge in [0.05, 0.1) is 11.6 Å². The summed E-state index contributed by atoms with van der Waals surface area (Å²) in [7, 11) is 0. The van der Waals surface area contributed by atoms with Crippen molar-refractivity contribution in [3.05, 3.63) is 64.4 Å². The number of rotatable bonds is 4. The molecule has 0 aliphatic carbocycles. The minimum Gasteiger partial charge on any atom is -0.494 e. The number of hydrogen-bond donors (Lipinski definition) is 1. The van der Waals surface area contributed by atoms with Gasteiger partial charge >= 0.3 is 0 Å². The highest BCUT2D eigenvalue weighted by Gasteiger charge is 2.17. The van der Waals surface area contributed by atoms with Gasteiger partial charge in [0.1, 0.15) is 17.7 Å². The Bertz CT molecular complexity index is 572. The van der Waals surface area contributed by atoms with Gasteiger partial charge in [-0.3, -0.25) is 0 Å². The Morgan fingerprint density at radius 2 is 2.00 bits per heavy atom. The summed E-state index contributed by atoms with van der Waals surface area (Å²) in [6.45, 7) is 2.41. The van der Waals surface area contributed by atoms with Crippen LogP contribution in [0.4, 0.5) is 4.39 Å². The van der Waals surface area contributed by atoms with Crippen LogP contribution in [0.5, 0.6) is 5.75 Å². The van der Waals surface area contributed by atoms with E-state index in [-0.39, 0.29) is 10.6 Å². The Hall–Kier alpha value is -1.58. The van der Waals surface area contributed by atoms with Crippen molar-refractivity contribution in [1.29, 1.82) is 0 Å². The summed E-state index contributed by atoms with van der Waals surface area (Å²) in [6.07, 6.45) is -1.07. The van der Waals surface area contributed by atoms with Gasteiger partial charge in [0.25, 0.3) is 0 Å². The van der Waals surface area contributed by atoms with Gasteiger partial charge < -0.3 is 9.84 Å². The number of ether oxygens (including phenoxy) is 1. The first kappa shape index (κ1) is 13.8. The van der Waals surface area contributed by atoms with E-state index in [1.54, 1.807) is 30.3 Å². The summed E-state index contributed by atoms with van der Waals surface area (Å²) in [5.74, 6) is 0.0416. The van der Waals surface area contributed by atoms with Gasteiger partial charge in [-0.25, -0.2) is 4.39 Å². The molecule has 0 aliphatic heterocycles. The zero-order valence-corrected chi connectivity index (χ0v) is 11.2. The monoisotopic (exact) mass is 280 g/mol. The molecule has 0 bridgehead atoms. The Morgan fingerprint density at radius 1 is 1.26 bits per heavy atom. The molecule has 1 atom stereocenters. The maximum absolute atomic E-state index is 13.9. The third-order valence-electron chi connectivity index (χ3n) is 2.76. The molecule has 0 saturated heterocycles. The van der Waals surface area contributed by atoms with Gasteiger partial charge in [-0.2, -0.15) is 0 Å². The van der Waals surface area contributed by atoms with Crippen molar-refractivity contribution in [2.45, 2.75) is 13.0 Å². The van der Waals surface area contributed by atoms with Crippen molar-refractivity contribution >= 4 is 11.6 Å². The SMILES string of the molecule is CCOc1cccc(C(O)c2cccc(Cl)c2F)c1. The van der Waals surface area contributed by atoms with Gasteiger partial charge in [0.2, 0.25) is 0 Å². The molecule has 0 fully saturated rings. The first-order valence-corrected chi connectivity index (χ1v) is 6.36. The molecule has 2 nitrogen and oxygen atoms in total. The van der Waals surface area contributed by atoms with E-state index in [0.29, 0.717) is 17.9 Å². The van der Waals surface area contributed by atoms with Crippen LogP contribution >= 0.6 is 11.6 Å². The quantitative estimate of drug-likeness (QED) is 0.918. The average Bonchev–Trinajstić information content (AvgIpc) is 2.42. The average molecular weight is 281 g/mol. The zero-order valence-electron chi connectivity index (χ0n) is 10.4. The van der Waals surface area contributed by atoms with Crippen LogP contribution in [0, 0.1) is 5.82 Å². The number of aliphatic hydroxyl groups is 1. The summed E-state index contributed by atoms with van der Waals surface area (Å²) < 4.78 is 19.2. The highest BCUT2D eigenvalue weighted by atomic mass is 35.5. The van der Waals surface area contributed by atoms with Crippen molar-refractivity contribution in [2.24, 2.45) is 0 Å². The van der Waals surface area contributed by atoms with E-state index < -0.39 is 11.9 Å². The molecule has 1 N–H and O–H groups in total. The van der Waals surface area contributed by atoms with Gasteiger partial charge in [0.15, 0.2) is 0 Å². The Balaban J connectivity index is 2.35. The molecule has 0 amide bonds. The van der Waals surface area contributed by atoms with Crippen LogP contribution in [0.1, 0.15) is 24.2 Å². The van der Waals surface area contributed by atoms with Gasteiger partial charge in [0, 0.05) is 5.56 Å². The Morgan fingerprint density at radius 3 is 2.74 bits per heavy atom. The van der Waals surface area contributed by atoms with E-state index >= 15 is 0 Å². The second-order valence-electron chi connectivity index (χ2n) is 4.05. The molecule has 0 radical (unpaired) electrons. The Kier molecular flexibility index (Phi) is 4.40. The number of halogens is 2. The molecule has 2 aromatic rings. The lowest BCUT2D eigenvalue weighted by atomic mass is 10.0. The molecule has 0 spiro atoms. The molecule has 19 heavy (non-hydrogen) atoms. The fourth-order valence-electron chi connectivity index (χ4n) is 1.85.